The molecule has 1 fully saturated rings. The quantitative estimate of drug-likeness (QED) is 0.735. The van der Waals surface area contributed by atoms with Crippen molar-refractivity contribution in [3.05, 3.63) is 17.7 Å². The van der Waals surface area contributed by atoms with Crippen LogP contribution in [0.1, 0.15) is 25.3 Å². The summed E-state index contributed by atoms with van der Waals surface area (Å²) >= 11 is 0. The second-order valence-electron chi connectivity index (χ2n) is 6.71. The Balaban J connectivity index is 1.84. The van der Waals surface area contributed by atoms with Crippen LogP contribution >= 0.6 is 0 Å². The number of rotatable bonds is 9. The highest BCUT2D eigenvalue weighted by atomic mass is 16.5. The summed E-state index contributed by atoms with van der Waals surface area (Å²) in [5, 5.41) is 10.2. The Hall–Kier alpha value is -1.50. The maximum atomic E-state index is 10.2. The molecule has 1 heterocycles. The van der Waals surface area contributed by atoms with Crippen molar-refractivity contribution < 1.29 is 24.1 Å². The van der Waals surface area contributed by atoms with E-state index in [-0.39, 0.29) is 0 Å². The lowest BCUT2D eigenvalue weighted by atomic mass is 10.0. The summed E-state index contributed by atoms with van der Waals surface area (Å²) in [4.78, 5) is 2.32. The van der Waals surface area contributed by atoms with Crippen molar-refractivity contribution in [3.8, 4) is 17.2 Å². The van der Waals surface area contributed by atoms with E-state index in [1.54, 1.807) is 21.3 Å². The first-order valence-corrected chi connectivity index (χ1v) is 8.84. The van der Waals surface area contributed by atoms with Gasteiger partial charge in [-0.05, 0) is 43.0 Å². The molecule has 1 aliphatic heterocycles. The van der Waals surface area contributed by atoms with Crippen molar-refractivity contribution in [2.45, 2.75) is 32.5 Å². The molecule has 142 valence electrons. The normalized spacial score (nSPS) is 19.5. The van der Waals surface area contributed by atoms with Crippen molar-refractivity contribution in [3.63, 3.8) is 0 Å². The van der Waals surface area contributed by atoms with Gasteiger partial charge in [-0.2, -0.15) is 0 Å². The Bertz CT molecular complexity index is 512. The van der Waals surface area contributed by atoms with E-state index in [0.717, 1.165) is 18.7 Å². The molecule has 1 aromatic rings. The fraction of sp³-hybridized carbons (Fsp3) is 0.684. The maximum absolute atomic E-state index is 10.2. The van der Waals surface area contributed by atoms with Crippen LogP contribution < -0.4 is 14.2 Å². The van der Waals surface area contributed by atoms with Gasteiger partial charge < -0.3 is 29.0 Å². The molecule has 0 bridgehead atoms. The number of nitrogens with zero attached hydrogens (tertiary/aromatic N) is 1. The summed E-state index contributed by atoms with van der Waals surface area (Å²) in [5.74, 6) is 2.47. The summed E-state index contributed by atoms with van der Waals surface area (Å²) in [6.07, 6.45) is 2.01. The van der Waals surface area contributed by atoms with Crippen LogP contribution in [0.5, 0.6) is 17.2 Å². The summed E-state index contributed by atoms with van der Waals surface area (Å²) < 4.78 is 21.7. The van der Waals surface area contributed by atoms with Gasteiger partial charge in [-0.1, -0.05) is 6.92 Å². The summed E-state index contributed by atoms with van der Waals surface area (Å²) in [6.45, 7) is 5.74. The van der Waals surface area contributed by atoms with Gasteiger partial charge in [0.1, 0.15) is 0 Å². The topological polar surface area (TPSA) is 60.4 Å². The molecular formula is C19H31NO5. The lowest BCUT2D eigenvalue weighted by Gasteiger charge is -2.32. The zero-order valence-electron chi connectivity index (χ0n) is 15.8. The van der Waals surface area contributed by atoms with Crippen molar-refractivity contribution in [2.75, 3.05) is 47.6 Å². The SMILES string of the molecule is COc1cc(COC[C@H](O)CN2CCC[C@H](C)C2)cc(OC)c1OC. The Kier molecular flexibility index (Phi) is 7.81. The second-order valence-corrected chi connectivity index (χ2v) is 6.71. The van der Waals surface area contributed by atoms with E-state index in [2.05, 4.69) is 11.8 Å². The molecule has 25 heavy (non-hydrogen) atoms. The number of likely N-dealkylation sites (tertiary alicyclic amines) is 1. The molecule has 6 heteroatoms. The van der Waals surface area contributed by atoms with Crippen LogP contribution in [-0.2, 0) is 11.3 Å². The number of methoxy groups -OCH3 is 3. The second kappa shape index (κ2) is 9.85. The van der Waals surface area contributed by atoms with Crippen molar-refractivity contribution in [1.29, 1.82) is 0 Å². The van der Waals surface area contributed by atoms with Crippen LogP contribution in [0, 0.1) is 5.92 Å². The molecule has 1 saturated heterocycles. The summed E-state index contributed by atoms with van der Waals surface area (Å²) in [7, 11) is 4.75. The summed E-state index contributed by atoms with van der Waals surface area (Å²) in [6, 6.07) is 3.72. The van der Waals surface area contributed by atoms with Crippen LogP contribution in [0.3, 0.4) is 0 Å². The van der Waals surface area contributed by atoms with Crippen molar-refractivity contribution in [2.24, 2.45) is 5.92 Å². The Labute approximate surface area is 150 Å². The number of hydrogen-bond donors (Lipinski definition) is 1. The molecule has 0 amide bonds. The number of piperidine rings is 1. The third-order valence-corrected chi connectivity index (χ3v) is 4.51. The number of β-amino-alcohol motifs (C(OH)–C–C–N with tert-alkyl or cyclic N) is 1. The summed E-state index contributed by atoms with van der Waals surface area (Å²) in [5.41, 5.74) is 0.910. The van der Waals surface area contributed by atoms with E-state index in [1.807, 2.05) is 12.1 Å². The van der Waals surface area contributed by atoms with Gasteiger partial charge in [0.2, 0.25) is 5.75 Å². The van der Waals surface area contributed by atoms with Crippen LogP contribution in [0.25, 0.3) is 0 Å². The predicted octanol–water partition coefficient (Wildman–Crippen LogP) is 2.32. The van der Waals surface area contributed by atoms with Gasteiger partial charge in [0.25, 0.3) is 0 Å². The third-order valence-electron chi connectivity index (χ3n) is 4.51. The Morgan fingerprint density at radius 1 is 1.16 bits per heavy atom. The van der Waals surface area contributed by atoms with E-state index in [4.69, 9.17) is 18.9 Å². The van der Waals surface area contributed by atoms with Crippen molar-refractivity contribution >= 4 is 0 Å². The number of aliphatic hydroxyl groups is 1. The first-order valence-electron chi connectivity index (χ1n) is 8.84. The average molecular weight is 353 g/mol. The predicted molar refractivity (Wildman–Crippen MR) is 96.6 cm³/mol. The number of ether oxygens (including phenoxy) is 4. The largest absolute Gasteiger partial charge is 0.493 e. The van der Waals surface area contributed by atoms with Gasteiger partial charge in [0.05, 0.1) is 40.6 Å². The van der Waals surface area contributed by atoms with Gasteiger partial charge in [-0.25, -0.2) is 0 Å². The molecule has 0 saturated carbocycles. The van der Waals surface area contributed by atoms with Crippen LogP contribution in [0.2, 0.25) is 0 Å². The van der Waals surface area contributed by atoms with E-state index >= 15 is 0 Å². The fourth-order valence-corrected chi connectivity index (χ4v) is 3.33. The standard InChI is InChI=1S/C19H31NO5/c1-14-6-5-7-20(10-14)11-16(21)13-25-12-15-8-17(22-2)19(24-4)18(9-15)23-3/h8-9,14,16,21H,5-7,10-13H2,1-4H3/t14-,16+/m0/s1. The zero-order valence-corrected chi connectivity index (χ0v) is 15.8. The minimum Gasteiger partial charge on any atom is -0.493 e. The van der Waals surface area contributed by atoms with E-state index < -0.39 is 6.10 Å². The van der Waals surface area contributed by atoms with Crippen molar-refractivity contribution in [1.82, 2.24) is 4.90 Å². The average Bonchev–Trinajstić information content (AvgIpc) is 2.60. The molecule has 2 rings (SSSR count). The number of hydrogen-bond acceptors (Lipinski definition) is 6. The minimum atomic E-state index is -0.479. The van der Waals surface area contributed by atoms with Gasteiger partial charge in [0.15, 0.2) is 11.5 Å². The van der Waals surface area contributed by atoms with E-state index in [0.29, 0.717) is 42.9 Å². The molecule has 1 N–H and O–H groups in total. The third kappa shape index (κ3) is 5.76. The first-order chi connectivity index (χ1) is 12.1. The van der Waals surface area contributed by atoms with Crippen LogP contribution in [0.15, 0.2) is 12.1 Å². The van der Waals surface area contributed by atoms with E-state index in [1.165, 1.54) is 12.8 Å². The molecule has 0 aromatic heterocycles. The van der Waals surface area contributed by atoms with Gasteiger partial charge in [-0.3, -0.25) is 0 Å². The molecular weight excluding hydrogens is 322 g/mol. The monoisotopic (exact) mass is 353 g/mol. The van der Waals surface area contributed by atoms with Crippen LogP contribution in [-0.4, -0.2) is 63.7 Å². The number of benzene rings is 1. The lowest BCUT2D eigenvalue weighted by Crippen LogP contribution is -2.40. The molecule has 0 spiro atoms. The Morgan fingerprint density at radius 2 is 1.84 bits per heavy atom. The Morgan fingerprint density at radius 3 is 2.40 bits per heavy atom. The smallest absolute Gasteiger partial charge is 0.203 e. The van der Waals surface area contributed by atoms with Gasteiger partial charge >= 0.3 is 0 Å². The zero-order chi connectivity index (χ0) is 18.2. The maximum Gasteiger partial charge on any atom is 0.203 e. The minimum absolute atomic E-state index is 0.307. The molecule has 0 radical (unpaired) electrons. The van der Waals surface area contributed by atoms with Gasteiger partial charge in [-0.15, -0.1) is 0 Å². The molecule has 0 unspecified atom stereocenters. The molecule has 1 aliphatic rings. The fourth-order valence-electron chi connectivity index (χ4n) is 3.33. The first kappa shape index (κ1) is 19.8. The van der Waals surface area contributed by atoms with Crippen LogP contribution in [0.4, 0.5) is 0 Å². The molecule has 1 aromatic carbocycles. The highest BCUT2D eigenvalue weighted by Gasteiger charge is 2.19. The van der Waals surface area contributed by atoms with Gasteiger partial charge in [0, 0.05) is 13.1 Å². The van der Waals surface area contributed by atoms with E-state index in [9.17, 15) is 5.11 Å². The highest BCUT2D eigenvalue weighted by Crippen LogP contribution is 2.38. The molecule has 6 nitrogen and oxygen atoms in total. The molecule has 0 aliphatic carbocycles. The molecule has 2 atom stereocenters. The highest BCUT2D eigenvalue weighted by molar-refractivity contribution is 5.53. The number of aliphatic hydroxyl groups excluding tert-OH is 1. The lowest BCUT2D eigenvalue weighted by molar-refractivity contribution is 0.00369.